The van der Waals surface area contributed by atoms with Crippen LogP contribution < -0.4 is 0 Å². The third-order valence-corrected chi connectivity index (χ3v) is 2.91. The summed E-state index contributed by atoms with van der Waals surface area (Å²) in [7, 11) is 0. The molecule has 1 aromatic heterocycles. The van der Waals surface area contributed by atoms with Crippen molar-refractivity contribution in [3.8, 4) is 11.3 Å². The molecule has 0 aliphatic rings. The van der Waals surface area contributed by atoms with Gasteiger partial charge in [-0.25, -0.2) is 0 Å². The van der Waals surface area contributed by atoms with Gasteiger partial charge in [0, 0.05) is 16.8 Å². The molecule has 1 heterocycles. The van der Waals surface area contributed by atoms with Crippen LogP contribution in [0.25, 0.3) is 17.3 Å². The Bertz CT molecular complexity index is 529. The highest BCUT2D eigenvalue weighted by atomic mass is 35.5. The zero-order valence-corrected chi connectivity index (χ0v) is 11.2. The Labute approximate surface area is 113 Å². The van der Waals surface area contributed by atoms with Gasteiger partial charge in [-0.2, -0.15) is 0 Å². The molecule has 0 atom stereocenters. The van der Waals surface area contributed by atoms with Gasteiger partial charge in [0.25, 0.3) is 0 Å². The van der Waals surface area contributed by atoms with Crippen LogP contribution in [0.3, 0.4) is 0 Å². The zero-order valence-electron chi connectivity index (χ0n) is 10.4. The highest BCUT2D eigenvalue weighted by Gasteiger charge is 1.99. The number of halogens is 1. The molecule has 2 rings (SSSR count). The van der Waals surface area contributed by atoms with E-state index in [0.29, 0.717) is 0 Å². The molecule has 0 amide bonds. The topological polar surface area (TPSA) is 12.9 Å². The Morgan fingerprint density at radius 2 is 2.11 bits per heavy atom. The maximum atomic E-state index is 5.97. The molecular weight excluding hydrogens is 242 g/mol. The highest BCUT2D eigenvalue weighted by molar-refractivity contribution is 6.30. The van der Waals surface area contributed by atoms with Crippen LogP contribution >= 0.6 is 11.6 Å². The first-order valence-corrected chi connectivity index (χ1v) is 6.56. The number of aromatic nitrogens is 1. The van der Waals surface area contributed by atoms with Gasteiger partial charge < -0.3 is 0 Å². The van der Waals surface area contributed by atoms with Gasteiger partial charge in [0.05, 0.1) is 5.69 Å². The van der Waals surface area contributed by atoms with Crippen molar-refractivity contribution in [1.82, 2.24) is 4.98 Å². The normalized spacial score (nSPS) is 11.0. The Morgan fingerprint density at radius 3 is 2.78 bits per heavy atom. The van der Waals surface area contributed by atoms with E-state index in [1.807, 2.05) is 36.5 Å². The fourth-order valence-electron chi connectivity index (χ4n) is 1.71. The molecule has 0 radical (unpaired) electrons. The summed E-state index contributed by atoms with van der Waals surface area (Å²) in [6.45, 7) is 2.17. The standard InChI is InChI=1S/C16H16ClN/c1-2-3-4-6-13-9-10-16(18-12-13)14-7-5-8-15(17)11-14/h4-12H,2-3H2,1H3. The van der Waals surface area contributed by atoms with Gasteiger partial charge in [-0.15, -0.1) is 0 Å². The Balaban J connectivity index is 2.17. The van der Waals surface area contributed by atoms with Crippen LogP contribution in [0.5, 0.6) is 0 Å². The Kier molecular flexibility index (Phi) is 4.54. The van der Waals surface area contributed by atoms with Gasteiger partial charge in [0.15, 0.2) is 0 Å². The second-order valence-electron chi connectivity index (χ2n) is 4.18. The van der Waals surface area contributed by atoms with Crippen molar-refractivity contribution in [1.29, 1.82) is 0 Å². The fraction of sp³-hybridized carbons (Fsp3) is 0.188. The molecule has 1 aromatic carbocycles. The second kappa shape index (κ2) is 6.36. The molecule has 0 saturated carbocycles. The average molecular weight is 258 g/mol. The summed E-state index contributed by atoms with van der Waals surface area (Å²) in [6, 6.07) is 11.9. The first kappa shape index (κ1) is 12.8. The minimum Gasteiger partial charge on any atom is -0.256 e. The molecule has 0 aliphatic heterocycles. The molecule has 0 saturated heterocycles. The molecule has 0 unspecified atom stereocenters. The van der Waals surface area contributed by atoms with E-state index in [0.717, 1.165) is 28.3 Å². The maximum Gasteiger partial charge on any atom is 0.0702 e. The number of unbranched alkanes of at least 4 members (excludes halogenated alkanes) is 1. The lowest BCUT2D eigenvalue weighted by Crippen LogP contribution is -1.84. The maximum absolute atomic E-state index is 5.97. The summed E-state index contributed by atoms with van der Waals surface area (Å²) in [5.41, 5.74) is 3.13. The van der Waals surface area contributed by atoms with Crippen LogP contribution in [0.4, 0.5) is 0 Å². The summed E-state index contributed by atoms with van der Waals surface area (Å²) in [5, 5.41) is 0.737. The third-order valence-electron chi connectivity index (χ3n) is 2.67. The molecule has 1 nitrogen and oxygen atoms in total. The van der Waals surface area contributed by atoms with E-state index in [1.165, 1.54) is 6.42 Å². The lowest BCUT2D eigenvalue weighted by Gasteiger charge is -2.01. The third kappa shape index (κ3) is 3.44. The summed E-state index contributed by atoms with van der Waals surface area (Å²) in [6.07, 6.45) is 8.46. The van der Waals surface area contributed by atoms with E-state index in [4.69, 9.17) is 11.6 Å². The van der Waals surface area contributed by atoms with Crippen molar-refractivity contribution in [2.75, 3.05) is 0 Å². The van der Waals surface area contributed by atoms with E-state index in [-0.39, 0.29) is 0 Å². The summed E-state index contributed by atoms with van der Waals surface area (Å²) in [5.74, 6) is 0. The molecule has 0 aliphatic carbocycles. The van der Waals surface area contributed by atoms with Crippen molar-refractivity contribution >= 4 is 17.7 Å². The fourth-order valence-corrected chi connectivity index (χ4v) is 1.90. The number of hydrogen-bond donors (Lipinski definition) is 0. The van der Waals surface area contributed by atoms with E-state index >= 15 is 0 Å². The molecule has 18 heavy (non-hydrogen) atoms. The van der Waals surface area contributed by atoms with Gasteiger partial charge in [-0.05, 0) is 30.2 Å². The zero-order chi connectivity index (χ0) is 12.8. The van der Waals surface area contributed by atoms with Crippen LogP contribution in [0.2, 0.25) is 5.02 Å². The second-order valence-corrected chi connectivity index (χ2v) is 4.61. The molecule has 0 fully saturated rings. The monoisotopic (exact) mass is 257 g/mol. The van der Waals surface area contributed by atoms with Crippen LogP contribution in [-0.4, -0.2) is 4.98 Å². The first-order chi connectivity index (χ1) is 8.79. The number of allylic oxidation sites excluding steroid dienone is 1. The minimum absolute atomic E-state index is 0.737. The number of pyridine rings is 1. The van der Waals surface area contributed by atoms with Crippen LogP contribution in [0, 0.1) is 0 Å². The van der Waals surface area contributed by atoms with Crippen LogP contribution in [-0.2, 0) is 0 Å². The summed E-state index contributed by atoms with van der Waals surface area (Å²) >= 11 is 5.97. The van der Waals surface area contributed by atoms with Gasteiger partial charge in [0.2, 0.25) is 0 Å². The van der Waals surface area contributed by atoms with Crippen LogP contribution in [0.1, 0.15) is 25.3 Å². The van der Waals surface area contributed by atoms with Gasteiger partial charge >= 0.3 is 0 Å². The van der Waals surface area contributed by atoms with Crippen molar-refractivity contribution in [3.05, 3.63) is 59.3 Å². The molecule has 0 bridgehead atoms. The molecule has 2 aromatic rings. The minimum atomic E-state index is 0.737. The van der Waals surface area contributed by atoms with Crippen molar-refractivity contribution in [2.45, 2.75) is 19.8 Å². The largest absolute Gasteiger partial charge is 0.256 e. The number of rotatable bonds is 4. The van der Waals surface area contributed by atoms with Crippen molar-refractivity contribution in [3.63, 3.8) is 0 Å². The van der Waals surface area contributed by atoms with Gasteiger partial charge in [-0.1, -0.05) is 55.3 Å². The molecular formula is C16H16ClN. The van der Waals surface area contributed by atoms with E-state index in [2.05, 4.69) is 30.1 Å². The van der Waals surface area contributed by atoms with Crippen LogP contribution in [0.15, 0.2) is 48.7 Å². The quantitative estimate of drug-likeness (QED) is 0.732. The van der Waals surface area contributed by atoms with E-state index in [1.54, 1.807) is 0 Å². The van der Waals surface area contributed by atoms with E-state index < -0.39 is 0 Å². The lowest BCUT2D eigenvalue weighted by molar-refractivity contribution is 0.962. The Morgan fingerprint density at radius 1 is 1.22 bits per heavy atom. The molecule has 92 valence electrons. The lowest BCUT2D eigenvalue weighted by atomic mass is 10.1. The Hall–Kier alpha value is -1.60. The smallest absolute Gasteiger partial charge is 0.0702 e. The SMILES string of the molecule is CCCC=Cc1ccc(-c2cccc(Cl)c2)nc1. The van der Waals surface area contributed by atoms with E-state index in [9.17, 15) is 0 Å². The summed E-state index contributed by atoms with van der Waals surface area (Å²) < 4.78 is 0. The summed E-state index contributed by atoms with van der Waals surface area (Å²) in [4.78, 5) is 4.46. The van der Waals surface area contributed by atoms with Crippen molar-refractivity contribution < 1.29 is 0 Å². The molecule has 0 N–H and O–H groups in total. The highest BCUT2D eigenvalue weighted by Crippen LogP contribution is 2.21. The van der Waals surface area contributed by atoms with Gasteiger partial charge in [-0.3, -0.25) is 4.98 Å². The predicted molar refractivity (Wildman–Crippen MR) is 78.6 cm³/mol. The molecule has 2 heteroatoms. The number of nitrogens with zero attached hydrogens (tertiary/aromatic N) is 1. The van der Waals surface area contributed by atoms with Crippen molar-refractivity contribution in [2.24, 2.45) is 0 Å². The first-order valence-electron chi connectivity index (χ1n) is 6.18. The average Bonchev–Trinajstić information content (AvgIpc) is 2.40. The number of benzene rings is 1. The number of hydrogen-bond acceptors (Lipinski definition) is 1. The predicted octanol–water partition coefficient (Wildman–Crippen LogP) is 5.22. The molecule has 0 spiro atoms. The van der Waals surface area contributed by atoms with Gasteiger partial charge in [0.1, 0.15) is 0 Å².